The average molecular weight is 253 g/mol. The third-order valence-corrected chi connectivity index (χ3v) is 3.34. The van der Waals surface area contributed by atoms with Crippen molar-refractivity contribution in [1.29, 1.82) is 0 Å². The predicted octanol–water partition coefficient (Wildman–Crippen LogP) is 1.70. The van der Waals surface area contributed by atoms with Crippen LogP contribution in [-0.4, -0.2) is 36.0 Å². The van der Waals surface area contributed by atoms with Gasteiger partial charge >= 0.3 is 0 Å². The van der Waals surface area contributed by atoms with Gasteiger partial charge in [0.05, 0.1) is 4.92 Å². The molecule has 1 aromatic carbocycles. The molecule has 0 bridgehead atoms. The first-order valence-corrected chi connectivity index (χ1v) is 5.98. The minimum absolute atomic E-state index is 0.0116. The molecule has 18 heavy (non-hydrogen) atoms. The van der Waals surface area contributed by atoms with Gasteiger partial charge in [0, 0.05) is 43.9 Å². The van der Waals surface area contributed by atoms with Crippen LogP contribution >= 0.6 is 0 Å². The maximum Gasteiger partial charge on any atom is 0.274 e. The van der Waals surface area contributed by atoms with Crippen molar-refractivity contribution >= 4 is 5.69 Å². The highest BCUT2D eigenvalue weighted by Crippen LogP contribution is 2.29. The summed E-state index contributed by atoms with van der Waals surface area (Å²) in [4.78, 5) is 12.6. The summed E-state index contributed by atoms with van der Waals surface area (Å²) in [6.45, 7) is 5.22. The van der Waals surface area contributed by atoms with Gasteiger partial charge in [0.2, 0.25) is 0 Å². The van der Waals surface area contributed by atoms with E-state index in [1.165, 1.54) is 12.1 Å². The normalized spacial score (nSPS) is 18.6. The lowest BCUT2D eigenvalue weighted by molar-refractivity contribution is -0.386. The summed E-state index contributed by atoms with van der Waals surface area (Å²) in [6, 6.07) is 3.49. The Labute approximate surface area is 105 Å². The molecule has 0 radical (unpaired) electrons. The van der Waals surface area contributed by atoms with Gasteiger partial charge < -0.3 is 5.32 Å². The van der Waals surface area contributed by atoms with Gasteiger partial charge in [0.15, 0.2) is 0 Å². The summed E-state index contributed by atoms with van der Waals surface area (Å²) in [7, 11) is 0. The van der Waals surface area contributed by atoms with Crippen LogP contribution in [0.5, 0.6) is 0 Å². The van der Waals surface area contributed by atoms with E-state index in [4.69, 9.17) is 0 Å². The largest absolute Gasteiger partial charge is 0.314 e. The van der Waals surface area contributed by atoms with Crippen molar-refractivity contribution in [2.75, 3.05) is 26.2 Å². The van der Waals surface area contributed by atoms with Crippen LogP contribution in [0.3, 0.4) is 0 Å². The van der Waals surface area contributed by atoms with Crippen LogP contribution in [0.4, 0.5) is 10.1 Å². The van der Waals surface area contributed by atoms with E-state index in [0.29, 0.717) is 5.56 Å². The highest BCUT2D eigenvalue weighted by atomic mass is 19.1. The maximum absolute atomic E-state index is 13.3. The minimum Gasteiger partial charge on any atom is -0.314 e. The summed E-state index contributed by atoms with van der Waals surface area (Å²) in [5.74, 6) is -0.433. The van der Waals surface area contributed by atoms with Crippen molar-refractivity contribution in [3.8, 4) is 0 Å². The SMILES string of the molecule is C[C@H](c1cc(F)ccc1[N+](=O)[O-])N1CCNCC1. The quantitative estimate of drug-likeness (QED) is 0.658. The molecule has 5 nitrogen and oxygen atoms in total. The number of nitrogens with zero attached hydrogens (tertiary/aromatic N) is 2. The van der Waals surface area contributed by atoms with Crippen LogP contribution in [-0.2, 0) is 0 Å². The Kier molecular flexibility index (Phi) is 3.88. The number of benzene rings is 1. The first-order chi connectivity index (χ1) is 8.59. The highest BCUT2D eigenvalue weighted by Gasteiger charge is 2.25. The molecule has 0 amide bonds. The molecule has 0 unspecified atom stereocenters. The highest BCUT2D eigenvalue weighted by molar-refractivity contribution is 5.42. The number of nitro groups is 1. The number of nitrogens with one attached hydrogen (secondary N) is 1. The summed E-state index contributed by atoms with van der Waals surface area (Å²) in [6.07, 6.45) is 0. The molecule has 1 aliphatic heterocycles. The Balaban J connectivity index is 2.30. The van der Waals surface area contributed by atoms with Gasteiger partial charge in [-0.1, -0.05) is 0 Å². The number of hydrogen-bond acceptors (Lipinski definition) is 4. The van der Waals surface area contributed by atoms with Gasteiger partial charge in [-0.2, -0.15) is 0 Å². The summed E-state index contributed by atoms with van der Waals surface area (Å²) in [5, 5.41) is 14.2. The number of halogens is 1. The topological polar surface area (TPSA) is 58.4 Å². The van der Waals surface area contributed by atoms with Crippen LogP contribution in [0.2, 0.25) is 0 Å². The lowest BCUT2D eigenvalue weighted by atomic mass is 10.0. The molecular formula is C12H16FN3O2. The lowest BCUT2D eigenvalue weighted by Gasteiger charge is -2.32. The molecule has 1 fully saturated rings. The molecule has 0 aliphatic carbocycles. The monoisotopic (exact) mass is 253 g/mol. The molecule has 1 saturated heterocycles. The van der Waals surface area contributed by atoms with Crippen LogP contribution in [0.25, 0.3) is 0 Å². The zero-order valence-electron chi connectivity index (χ0n) is 10.2. The number of rotatable bonds is 3. The second kappa shape index (κ2) is 5.41. The Morgan fingerprint density at radius 1 is 1.44 bits per heavy atom. The summed E-state index contributed by atoms with van der Waals surface area (Å²) < 4.78 is 13.3. The first kappa shape index (κ1) is 12.9. The molecule has 1 heterocycles. The van der Waals surface area contributed by atoms with Gasteiger partial charge in [0.25, 0.3) is 5.69 Å². The maximum atomic E-state index is 13.3. The van der Waals surface area contributed by atoms with Gasteiger partial charge in [-0.25, -0.2) is 4.39 Å². The third kappa shape index (κ3) is 2.65. The Morgan fingerprint density at radius 2 is 2.11 bits per heavy atom. The first-order valence-electron chi connectivity index (χ1n) is 5.98. The van der Waals surface area contributed by atoms with Crippen LogP contribution in [0.15, 0.2) is 18.2 Å². The second-order valence-electron chi connectivity index (χ2n) is 4.42. The van der Waals surface area contributed by atoms with Crippen molar-refractivity contribution in [2.24, 2.45) is 0 Å². The Bertz CT molecular complexity index is 447. The fraction of sp³-hybridized carbons (Fsp3) is 0.500. The van der Waals surface area contributed by atoms with Crippen molar-refractivity contribution in [3.05, 3.63) is 39.7 Å². The van der Waals surface area contributed by atoms with E-state index in [1.807, 2.05) is 6.92 Å². The van der Waals surface area contributed by atoms with Crippen molar-refractivity contribution in [3.63, 3.8) is 0 Å². The zero-order chi connectivity index (χ0) is 13.1. The lowest BCUT2D eigenvalue weighted by Crippen LogP contribution is -2.44. The molecule has 1 N–H and O–H groups in total. The van der Waals surface area contributed by atoms with E-state index in [0.717, 1.165) is 32.2 Å². The third-order valence-electron chi connectivity index (χ3n) is 3.34. The smallest absolute Gasteiger partial charge is 0.274 e. The molecule has 98 valence electrons. The van der Waals surface area contributed by atoms with E-state index in [-0.39, 0.29) is 11.7 Å². The Hall–Kier alpha value is -1.53. The second-order valence-corrected chi connectivity index (χ2v) is 4.42. The van der Waals surface area contributed by atoms with Crippen LogP contribution in [0, 0.1) is 15.9 Å². The number of hydrogen-bond donors (Lipinski definition) is 1. The fourth-order valence-electron chi connectivity index (χ4n) is 2.29. The van der Waals surface area contributed by atoms with E-state index in [2.05, 4.69) is 10.2 Å². The minimum atomic E-state index is -0.451. The van der Waals surface area contributed by atoms with Gasteiger partial charge in [-0.15, -0.1) is 0 Å². The Morgan fingerprint density at radius 3 is 2.72 bits per heavy atom. The van der Waals surface area contributed by atoms with Crippen LogP contribution in [0.1, 0.15) is 18.5 Å². The molecular weight excluding hydrogens is 237 g/mol. The molecule has 0 aromatic heterocycles. The van der Waals surface area contributed by atoms with E-state index >= 15 is 0 Å². The predicted molar refractivity (Wildman–Crippen MR) is 65.9 cm³/mol. The summed E-state index contributed by atoms with van der Waals surface area (Å²) >= 11 is 0. The number of nitro benzene ring substituents is 1. The van der Waals surface area contributed by atoms with Crippen molar-refractivity contribution in [2.45, 2.75) is 13.0 Å². The molecule has 0 saturated carbocycles. The molecule has 1 atom stereocenters. The van der Waals surface area contributed by atoms with Crippen molar-refractivity contribution in [1.82, 2.24) is 10.2 Å². The van der Waals surface area contributed by atoms with Gasteiger partial charge in [-0.05, 0) is 19.1 Å². The van der Waals surface area contributed by atoms with E-state index < -0.39 is 10.7 Å². The standard InChI is InChI=1S/C12H16FN3O2/c1-9(15-6-4-14-5-7-15)11-8-10(13)2-3-12(11)16(17)18/h2-3,8-9,14H,4-7H2,1H3/t9-/m1/s1. The molecule has 1 aliphatic rings. The van der Waals surface area contributed by atoms with Crippen LogP contribution < -0.4 is 5.32 Å². The molecule has 1 aromatic rings. The van der Waals surface area contributed by atoms with Crippen molar-refractivity contribution < 1.29 is 9.31 Å². The molecule has 2 rings (SSSR count). The van der Waals surface area contributed by atoms with E-state index in [1.54, 1.807) is 0 Å². The summed E-state index contributed by atoms with van der Waals surface area (Å²) in [5.41, 5.74) is 0.435. The average Bonchev–Trinajstić information content (AvgIpc) is 2.38. The fourth-order valence-corrected chi connectivity index (χ4v) is 2.29. The zero-order valence-corrected chi connectivity index (χ0v) is 10.2. The molecule has 0 spiro atoms. The van der Waals surface area contributed by atoms with Gasteiger partial charge in [0.1, 0.15) is 5.82 Å². The number of piperazine rings is 1. The van der Waals surface area contributed by atoms with Gasteiger partial charge in [-0.3, -0.25) is 15.0 Å². The van der Waals surface area contributed by atoms with E-state index in [9.17, 15) is 14.5 Å². The molecule has 6 heteroatoms.